The number of hydrogen-bond acceptors (Lipinski definition) is 4. The van der Waals surface area contributed by atoms with E-state index in [4.69, 9.17) is 0 Å². The lowest BCUT2D eigenvalue weighted by molar-refractivity contribution is -0.134. The lowest BCUT2D eigenvalue weighted by atomic mass is 9.63. The molecule has 0 spiro atoms. The third-order valence-electron chi connectivity index (χ3n) is 7.95. The minimum Gasteiger partial charge on any atom is -0.361 e. The zero-order valence-electron chi connectivity index (χ0n) is 18.3. The number of hydrogen-bond donors (Lipinski definition) is 1. The number of fused-ring (bicyclic) bond motifs is 1. The van der Waals surface area contributed by atoms with Crippen molar-refractivity contribution in [2.45, 2.75) is 64.2 Å². The Morgan fingerprint density at radius 3 is 2.58 bits per heavy atom. The van der Waals surface area contributed by atoms with Crippen molar-refractivity contribution < 1.29 is 9.18 Å². The highest BCUT2D eigenvalue weighted by Gasteiger charge is 2.38. The number of nitrogens with one attached hydrogen (secondary N) is 1. The molecule has 2 aliphatic carbocycles. The number of anilines is 1. The summed E-state index contributed by atoms with van der Waals surface area (Å²) in [6, 6.07) is 5.04. The third-order valence-corrected chi connectivity index (χ3v) is 8.99. The molecule has 3 fully saturated rings. The fourth-order valence-corrected chi connectivity index (χ4v) is 6.51. The van der Waals surface area contributed by atoms with Gasteiger partial charge in [-0.15, -0.1) is 0 Å². The molecule has 6 heteroatoms. The van der Waals surface area contributed by atoms with Crippen LogP contribution in [0.5, 0.6) is 0 Å². The van der Waals surface area contributed by atoms with E-state index in [0.29, 0.717) is 28.0 Å². The highest BCUT2D eigenvalue weighted by molar-refractivity contribution is 7.22. The fourth-order valence-electron chi connectivity index (χ4n) is 5.63. The van der Waals surface area contributed by atoms with Gasteiger partial charge in [-0.1, -0.05) is 62.3 Å². The van der Waals surface area contributed by atoms with Crippen LogP contribution in [0.1, 0.15) is 64.2 Å². The van der Waals surface area contributed by atoms with Crippen LogP contribution in [0, 0.1) is 29.5 Å². The SMILES string of the molecule is O=C(CC(C1CCC1)C1CCC1)N1CCCCC(CNc2nc3cccc(F)c3s2)C1. The maximum Gasteiger partial charge on any atom is 0.222 e. The Labute approximate surface area is 188 Å². The van der Waals surface area contributed by atoms with Crippen molar-refractivity contribution in [2.24, 2.45) is 23.7 Å². The maximum absolute atomic E-state index is 14.0. The standard InChI is InChI=1S/C25H34FN3OS/c26-21-11-5-12-22-24(21)31-25(28-22)27-15-17-6-1-2-13-29(16-17)23(30)14-20(18-7-3-8-18)19-9-4-10-19/h5,11-12,17-20H,1-4,6-10,13-16H2,(H,27,28). The molecule has 31 heavy (non-hydrogen) atoms. The maximum atomic E-state index is 14.0. The van der Waals surface area contributed by atoms with E-state index in [1.54, 1.807) is 6.07 Å². The van der Waals surface area contributed by atoms with Crippen molar-refractivity contribution in [3.8, 4) is 0 Å². The number of amides is 1. The number of nitrogens with zero attached hydrogens (tertiary/aromatic N) is 2. The normalized spacial score (nSPS) is 22.9. The molecule has 168 valence electrons. The van der Waals surface area contributed by atoms with Crippen LogP contribution in [0.15, 0.2) is 18.2 Å². The molecular formula is C25H34FN3OS. The number of carbonyl (C=O) groups is 1. The van der Waals surface area contributed by atoms with Crippen LogP contribution in [0.25, 0.3) is 10.2 Å². The van der Waals surface area contributed by atoms with E-state index in [0.717, 1.165) is 55.9 Å². The van der Waals surface area contributed by atoms with E-state index < -0.39 is 0 Å². The molecule has 1 aliphatic heterocycles. The molecule has 1 N–H and O–H groups in total. The minimum absolute atomic E-state index is 0.207. The molecule has 0 radical (unpaired) electrons. The Hall–Kier alpha value is -1.69. The monoisotopic (exact) mass is 443 g/mol. The summed E-state index contributed by atoms with van der Waals surface area (Å²) in [5.41, 5.74) is 0.711. The summed E-state index contributed by atoms with van der Waals surface area (Å²) in [4.78, 5) is 20.0. The van der Waals surface area contributed by atoms with Crippen molar-refractivity contribution in [1.29, 1.82) is 0 Å². The first-order valence-electron chi connectivity index (χ1n) is 12.2. The van der Waals surface area contributed by atoms with Gasteiger partial charge in [-0.2, -0.15) is 0 Å². The summed E-state index contributed by atoms with van der Waals surface area (Å²) >= 11 is 1.38. The average molecular weight is 444 g/mol. The molecule has 1 aromatic heterocycles. The summed E-state index contributed by atoms with van der Waals surface area (Å²) in [6.45, 7) is 2.54. The van der Waals surface area contributed by atoms with Gasteiger partial charge in [0.05, 0.1) is 10.2 Å². The molecular weight excluding hydrogens is 409 g/mol. The molecule has 4 nitrogen and oxygen atoms in total. The highest BCUT2D eigenvalue weighted by atomic mass is 32.1. The average Bonchev–Trinajstić information content (AvgIpc) is 2.94. The molecule has 1 amide bonds. The summed E-state index contributed by atoms with van der Waals surface area (Å²) in [5, 5.41) is 4.21. The summed E-state index contributed by atoms with van der Waals surface area (Å²) in [6.07, 6.45) is 12.2. The van der Waals surface area contributed by atoms with Crippen LogP contribution in [0.3, 0.4) is 0 Å². The van der Waals surface area contributed by atoms with Crippen molar-refractivity contribution in [2.75, 3.05) is 25.0 Å². The number of carbonyl (C=O) groups excluding carboxylic acids is 1. The minimum atomic E-state index is -0.207. The second-order valence-electron chi connectivity index (χ2n) is 9.94. The molecule has 2 heterocycles. The van der Waals surface area contributed by atoms with Gasteiger partial charge < -0.3 is 10.2 Å². The topological polar surface area (TPSA) is 45.2 Å². The number of halogens is 1. The molecule has 2 saturated carbocycles. The molecule has 5 rings (SSSR count). The van der Waals surface area contributed by atoms with E-state index >= 15 is 0 Å². The van der Waals surface area contributed by atoms with Gasteiger partial charge in [0.15, 0.2) is 5.13 Å². The van der Waals surface area contributed by atoms with Crippen LogP contribution in [0.4, 0.5) is 9.52 Å². The lowest BCUT2D eigenvalue weighted by Gasteiger charge is -2.43. The van der Waals surface area contributed by atoms with Crippen molar-refractivity contribution >= 4 is 32.6 Å². The quantitative estimate of drug-likeness (QED) is 0.564. The van der Waals surface area contributed by atoms with Crippen LogP contribution in [-0.2, 0) is 4.79 Å². The fraction of sp³-hybridized carbons (Fsp3) is 0.680. The number of aromatic nitrogens is 1. The van der Waals surface area contributed by atoms with Gasteiger partial charge in [0, 0.05) is 26.1 Å². The van der Waals surface area contributed by atoms with Crippen LogP contribution < -0.4 is 5.32 Å². The number of likely N-dealkylation sites (tertiary alicyclic amines) is 1. The number of rotatable bonds is 7. The predicted molar refractivity (Wildman–Crippen MR) is 125 cm³/mol. The van der Waals surface area contributed by atoms with E-state index in [-0.39, 0.29) is 5.82 Å². The molecule has 1 unspecified atom stereocenters. The Bertz CT molecular complexity index is 893. The van der Waals surface area contributed by atoms with Crippen LogP contribution >= 0.6 is 11.3 Å². The first-order chi connectivity index (χ1) is 15.2. The Balaban J connectivity index is 1.18. The third kappa shape index (κ3) is 4.74. The van der Waals surface area contributed by atoms with Crippen molar-refractivity contribution in [3.05, 3.63) is 24.0 Å². The molecule has 1 aromatic carbocycles. The summed E-state index contributed by atoms with van der Waals surface area (Å²) in [7, 11) is 0. The van der Waals surface area contributed by atoms with Gasteiger partial charge in [0.2, 0.25) is 5.91 Å². The second-order valence-corrected chi connectivity index (χ2v) is 10.9. The molecule has 1 atom stereocenters. The number of benzene rings is 1. The molecule has 0 bridgehead atoms. The van der Waals surface area contributed by atoms with Gasteiger partial charge in [0.25, 0.3) is 0 Å². The van der Waals surface area contributed by atoms with E-state index in [1.807, 2.05) is 6.07 Å². The first-order valence-corrected chi connectivity index (χ1v) is 13.1. The van der Waals surface area contributed by atoms with E-state index in [2.05, 4.69) is 15.2 Å². The summed E-state index contributed by atoms with van der Waals surface area (Å²) < 4.78 is 14.6. The Morgan fingerprint density at radius 2 is 1.90 bits per heavy atom. The molecule has 1 saturated heterocycles. The van der Waals surface area contributed by atoms with Gasteiger partial charge >= 0.3 is 0 Å². The van der Waals surface area contributed by atoms with E-state index in [1.165, 1.54) is 62.3 Å². The van der Waals surface area contributed by atoms with Gasteiger partial charge in [-0.05, 0) is 48.6 Å². The van der Waals surface area contributed by atoms with Crippen LogP contribution in [0.2, 0.25) is 0 Å². The van der Waals surface area contributed by atoms with Crippen molar-refractivity contribution in [3.63, 3.8) is 0 Å². The van der Waals surface area contributed by atoms with E-state index in [9.17, 15) is 9.18 Å². The smallest absolute Gasteiger partial charge is 0.222 e. The first kappa shape index (κ1) is 21.2. The Kier molecular flexibility index (Phi) is 6.44. The van der Waals surface area contributed by atoms with Gasteiger partial charge in [-0.25, -0.2) is 9.37 Å². The lowest BCUT2D eigenvalue weighted by Crippen LogP contribution is -2.41. The van der Waals surface area contributed by atoms with Gasteiger partial charge in [0.1, 0.15) is 5.82 Å². The largest absolute Gasteiger partial charge is 0.361 e. The number of thiazole rings is 1. The second kappa shape index (κ2) is 9.43. The molecule has 3 aliphatic rings. The van der Waals surface area contributed by atoms with Gasteiger partial charge in [-0.3, -0.25) is 4.79 Å². The zero-order valence-corrected chi connectivity index (χ0v) is 19.1. The zero-order chi connectivity index (χ0) is 21.2. The predicted octanol–water partition coefficient (Wildman–Crippen LogP) is 6.08. The Morgan fingerprint density at radius 1 is 1.13 bits per heavy atom. The van der Waals surface area contributed by atoms with Crippen molar-refractivity contribution in [1.82, 2.24) is 9.88 Å². The highest BCUT2D eigenvalue weighted by Crippen LogP contribution is 2.46. The van der Waals surface area contributed by atoms with Crippen LogP contribution in [-0.4, -0.2) is 35.4 Å². The molecule has 2 aromatic rings. The summed E-state index contributed by atoms with van der Waals surface area (Å²) in [5.74, 6) is 2.84.